The van der Waals surface area contributed by atoms with Crippen LogP contribution in [0.1, 0.15) is 5.56 Å². The Kier molecular flexibility index (Phi) is 4.46. The van der Waals surface area contributed by atoms with Gasteiger partial charge in [-0.2, -0.15) is 0 Å². The van der Waals surface area contributed by atoms with Gasteiger partial charge >= 0.3 is 0 Å². The van der Waals surface area contributed by atoms with Crippen molar-refractivity contribution in [1.29, 1.82) is 0 Å². The van der Waals surface area contributed by atoms with Gasteiger partial charge in [0.1, 0.15) is 17.1 Å². The molecule has 136 valence electrons. The van der Waals surface area contributed by atoms with E-state index in [0.29, 0.717) is 38.1 Å². The molecular weight excluding hydrogens is 387 g/mol. The van der Waals surface area contributed by atoms with E-state index in [1.54, 1.807) is 37.5 Å². The molecular formula is C21H14Cl2O4. The van der Waals surface area contributed by atoms with Crippen LogP contribution in [0.2, 0.25) is 10.0 Å². The fourth-order valence-corrected chi connectivity index (χ4v) is 3.82. The molecule has 6 heteroatoms. The second-order valence-electron chi connectivity index (χ2n) is 5.94. The van der Waals surface area contributed by atoms with Gasteiger partial charge in [-0.15, -0.1) is 0 Å². The van der Waals surface area contributed by atoms with E-state index in [2.05, 4.69) is 0 Å². The molecule has 0 aliphatic heterocycles. The normalized spacial score (nSPS) is 12.1. The predicted octanol–water partition coefficient (Wildman–Crippen LogP) is 4.82. The number of hydrogen-bond acceptors (Lipinski definition) is 4. The molecule has 0 saturated carbocycles. The van der Waals surface area contributed by atoms with Crippen molar-refractivity contribution in [2.75, 3.05) is 14.2 Å². The molecule has 0 atom stereocenters. The standard InChI is InChI=1S/C21H14Cl2O4/c1-25-16-7-6-14-19-13(16)4-3-5-17(19)27-18(20(14)24)9-11-8-12(22)10-15(23)21(11)26-2/h3-10H,1-2H3/b18-9-. The Bertz CT molecular complexity index is 1290. The Balaban J connectivity index is 2.10. The Hall–Kier alpha value is -2.69. The van der Waals surface area contributed by atoms with Crippen molar-refractivity contribution in [3.05, 3.63) is 73.7 Å². The number of benzene rings is 3. The van der Waals surface area contributed by atoms with Crippen molar-refractivity contribution in [3.8, 4) is 11.5 Å². The highest BCUT2D eigenvalue weighted by molar-refractivity contribution is 6.35. The molecule has 0 aliphatic carbocycles. The summed E-state index contributed by atoms with van der Waals surface area (Å²) in [5.41, 5.74) is 1.07. The molecule has 0 fully saturated rings. The van der Waals surface area contributed by atoms with E-state index in [0.717, 1.165) is 10.8 Å². The molecule has 4 rings (SSSR count). The van der Waals surface area contributed by atoms with Gasteiger partial charge in [-0.3, -0.25) is 4.79 Å². The SMILES string of the molecule is COc1c(Cl)cc(Cl)cc1/C=c1\oc2cccc3c(OC)ccc(c1=O)c23. The van der Waals surface area contributed by atoms with Crippen molar-refractivity contribution in [3.63, 3.8) is 0 Å². The van der Waals surface area contributed by atoms with Crippen LogP contribution in [0, 0.1) is 0 Å². The van der Waals surface area contributed by atoms with Crippen molar-refractivity contribution in [2.24, 2.45) is 0 Å². The largest absolute Gasteiger partial charge is 0.496 e. The van der Waals surface area contributed by atoms with Crippen molar-refractivity contribution < 1.29 is 13.9 Å². The Morgan fingerprint density at radius 2 is 1.81 bits per heavy atom. The average molecular weight is 401 g/mol. The van der Waals surface area contributed by atoms with Crippen LogP contribution in [-0.2, 0) is 0 Å². The lowest BCUT2D eigenvalue weighted by molar-refractivity contribution is 0.414. The van der Waals surface area contributed by atoms with Gasteiger partial charge in [0.2, 0.25) is 5.43 Å². The third-order valence-electron chi connectivity index (χ3n) is 4.40. The quantitative estimate of drug-likeness (QED) is 0.494. The molecule has 0 amide bonds. The lowest BCUT2D eigenvalue weighted by atomic mass is 10.0. The lowest BCUT2D eigenvalue weighted by Gasteiger charge is -2.09. The van der Waals surface area contributed by atoms with Gasteiger partial charge in [-0.05, 0) is 36.4 Å². The topological polar surface area (TPSA) is 48.7 Å². The van der Waals surface area contributed by atoms with Crippen LogP contribution in [0.25, 0.3) is 27.8 Å². The van der Waals surface area contributed by atoms with Crippen molar-refractivity contribution in [1.82, 2.24) is 0 Å². The van der Waals surface area contributed by atoms with Crippen molar-refractivity contribution in [2.45, 2.75) is 0 Å². The number of ether oxygens (including phenoxy) is 2. The molecule has 0 unspecified atom stereocenters. The number of hydrogen-bond donors (Lipinski definition) is 0. The zero-order valence-electron chi connectivity index (χ0n) is 14.5. The zero-order chi connectivity index (χ0) is 19.1. The van der Waals surface area contributed by atoms with Gasteiger partial charge in [0.05, 0.1) is 19.2 Å². The second-order valence-corrected chi connectivity index (χ2v) is 6.79. The summed E-state index contributed by atoms with van der Waals surface area (Å²) in [5, 5.41) is 2.89. The zero-order valence-corrected chi connectivity index (χ0v) is 16.0. The molecule has 0 saturated heterocycles. The summed E-state index contributed by atoms with van der Waals surface area (Å²) in [7, 11) is 3.10. The smallest absolute Gasteiger partial charge is 0.228 e. The third-order valence-corrected chi connectivity index (χ3v) is 4.90. The van der Waals surface area contributed by atoms with Crippen LogP contribution in [0.4, 0.5) is 0 Å². The summed E-state index contributed by atoms with van der Waals surface area (Å²) in [6.07, 6.45) is 1.59. The fourth-order valence-electron chi connectivity index (χ4n) is 3.24. The molecule has 3 aromatic carbocycles. The summed E-state index contributed by atoms with van der Waals surface area (Å²) < 4.78 is 16.7. The van der Waals surface area contributed by atoms with Gasteiger partial charge < -0.3 is 13.9 Å². The Morgan fingerprint density at radius 3 is 2.56 bits per heavy atom. The minimum atomic E-state index is -0.237. The molecule has 0 N–H and O–H groups in total. The minimum absolute atomic E-state index is 0.164. The van der Waals surface area contributed by atoms with Gasteiger partial charge in [-0.25, -0.2) is 0 Å². The summed E-state index contributed by atoms with van der Waals surface area (Å²) in [6.45, 7) is 0. The summed E-state index contributed by atoms with van der Waals surface area (Å²) >= 11 is 12.3. The highest BCUT2D eigenvalue weighted by atomic mass is 35.5. The van der Waals surface area contributed by atoms with Crippen LogP contribution in [0.5, 0.6) is 11.5 Å². The van der Waals surface area contributed by atoms with Crippen LogP contribution in [0.15, 0.2) is 51.7 Å². The molecule has 0 aliphatic rings. The molecule has 1 aromatic heterocycles. The Morgan fingerprint density at radius 1 is 1.00 bits per heavy atom. The third kappa shape index (κ3) is 2.91. The van der Waals surface area contributed by atoms with E-state index in [9.17, 15) is 4.79 Å². The second kappa shape index (κ2) is 6.80. The van der Waals surface area contributed by atoms with Crippen LogP contribution in [0.3, 0.4) is 0 Å². The lowest BCUT2D eigenvalue weighted by Crippen LogP contribution is -2.24. The summed E-state index contributed by atoms with van der Waals surface area (Å²) in [5.74, 6) is 1.10. The van der Waals surface area contributed by atoms with Crippen LogP contribution < -0.4 is 20.3 Å². The maximum Gasteiger partial charge on any atom is 0.228 e. The average Bonchev–Trinajstić information content (AvgIpc) is 2.65. The fraction of sp³-hybridized carbons (Fsp3) is 0.0952. The van der Waals surface area contributed by atoms with Crippen LogP contribution >= 0.6 is 23.2 Å². The highest BCUT2D eigenvalue weighted by Crippen LogP contribution is 2.33. The molecule has 0 spiro atoms. The molecule has 27 heavy (non-hydrogen) atoms. The van der Waals surface area contributed by atoms with Gasteiger partial charge in [0, 0.05) is 26.7 Å². The highest BCUT2D eigenvalue weighted by Gasteiger charge is 2.14. The summed E-state index contributed by atoms with van der Waals surface area (Å²) in [6, 6.07) is 12.3. The maximum atomic E-state index is 13.0. The predicted molar refractivity (Wildman–Crippen MR) is 108 cm³/mol. The molecule has 0 radical (unpaired) electrons. The van der Waals surface area contributed by atoms with E-state index in [1.165, 1.54) is 7.11 Å². The molecule has 1 heterocycles. The van der Waals surface area contributed by atoms with Gasteiger partial charge in [0.15, 0.2) is 5.42 Å². The van der Waals surface area contributed by atoms with Gasteiger partial charge in [0.25, 0.3) is 0 Å². The number of methoxy groups -OCH3 is 2. The summed E-state index contributed by atoms with van der Waals surface area (Å²) in [4.78, 5) is 13.0. The van der Waals surface area contributed by atoms with E-state index in [4.69, 9.17) is 37.1 Å². The first-order valence-electron chi connectivity index (χ1n) is 8.10. The molecule has 4 nitrogen and oxygen atoms in total. The van der Waals surface area contributed by atoms with E-state index in [1.807, 2.05) is 18.2 Å². The molecule has 4 aromatic rings. The van der Waals surface area contributed by atoms with E-state index < -0.39 is 0 Å². The number of rotatable bonds is 3. The Labute approximate surface area is 164 Å². The van der Waals surface area contributed by atoms with E-state index >= 15 is 0 Å². The first-order chi connectivity index (χ1) is 13.0. The maximum absolute atomic E-state index is 13.0. The van der Waals surface area contributed by atoms with Gasteiger partial charge in [-0.1, -0.05) is 35.3 Å². The monoisotopic (exact) mass is 400 g/mol. The first kappa shape index (κ1) is 17.7. The first-order valence-corrected chi connectivity index (χ1v) is 8.86. The number of halogens is 2. The minimum Gasteiger partial charge on any atom is -0.496 e. The van der Waals surface area contributed by atoms with E-state index in [-0.39, 0.29) is 10.8 Å². The van der Waals surface area contributed by atoms with Crippen molar-refractivity contribution >= 4 is 51.0 Å². The molecule has 0 bridgehead atoms. The van der Waals surface area contributed by atoms with Crippen LogP contribution in [-0.4, -0.2) is 14.2 Å².